The Hall–Kier alpha value is -0.210. The SMILES string of the molecule is COCCCS(=O)(=O)NC1CCN(CCN)CC1. The summed E-state index contributed by atoms with van der Waals surface area (Å²) < 4.78 is 31.2. The highest BCUT2D eigenvalue weighted by atomic mass is 32.2. The minimum absolute atomic E-state index is 0.0755. The lowest BCUT2D eigenvalue weighted by Crippen LogP contribution is -2.46. The topological polar surface area (TPSA) is 84.7 Å². The van der Waals surface area contributed by atoms with Crippen LogP contribution in [0, 0.1) is 0 Å². The van der Waals surface area contributed by atoms with E-state index in [1.807, 2.05) is 0 Å². The van der Waals surface area contributed by atoms with Crippen LogP contribution in [0.2, 0.25) is 0 Å². The molecule has 7 heteroatoms. The summed E-state index contributed by atoms with van der Waals surface area (Å²) in [5.41, 5.74) is 5.50. The standard InChI is InChI=1S/C11H25N3O3S/c1-17-9-2-10-18(15,16)13-11-3-6-14(7-4-11)8-5-12/h11,13H,2-10,12H2,1H3. The van der Waals surface area contributed by atoms with Gasteiger partial charge in [-0.2, -0.15) is 0 Å². The van der Waals surface area contributed by atoms with Gasteiger partial charge >= 0.3 is 0 Å². The number of ether oxygens (including phenoxy) is 1. The molecule has 1 heterocycles. The number of likely N-dealkylation sites (tertiary alicyclic amines) is 1. The van der Waals surface area contributed by atoms with Crippen molar-refractivity contribution in [2.45, 2.75) is 25.3 Å². The third kappa shape index (κ3) is 6.10. The van der Waals surface area contributed by atoms with Crippen molar-refractivity contribution in [3.05, 3.63) is 0 Å². The maximum absolute atomic E-state index is 11.8. The van der Waals surface area contributed by atoms with E-state index in [4.69, 9.17) is 10.5 Å². The monoisotopic (exact) mass is 279 g/mol. The zero-order valence-electron chi connectivity index (χ0n) is 11.1. The van der Waals surface area contributed by atoms with E-state index in [1.165, 1.54) is 0 Å². The molecule has 0 aliphatic carbocycles. The number of nitrogens with zero attached hydrogens (tertiary/aromatic N) is 1. The zero-order valence-corrected chi connectivity index (χ0v) is 11.9. The third-order valence-corrected chi connectivity index (χ3v) is 4.66. The summed E-state index contributed by atoms with van der Waals surface area (Å²) in [5.74, 6) is 0.143. The highest BCUT2D eigenvalue weighted by Gasteiger charge is 2.22. The molecule has 1 aliphatic heterocycles. The van der Waals surface area contributed by atoms with E-state index >= 15 is 0 Å². The normalized spacial score (nSPS) is 19.2. The smallest absolute Gasteiger partial charge is 0.211 e. The lowest BCUT2D eigenvalue weighted by Gasteiger charge is -2.31. The first-order chi connectivity index (χ1) is 8.57. The first kappa shape index (κ1) is 15.8. The Morgan fingerprint density at radius 2 is 2.06 bits per heavy atom. The number of nitrogens with one attached hydrogen (secondary N) is 1. The molecule has 0 radical (unpaired) electrons. The minimum atomic E-state index is -3.16. The van der Waals surface area contributed by atoms with Gasteiger partial charge in [0.1, 0.15) is 0 Å². The van der Waals surface area contributed by atoms with Crippen molar-refractivity contribution >= 4 is 10.0 Å². The summed E-state index contributed by atoms with van der Waals surface area (Å²) >= 11 is 0. The Kier molecular flexibility index (Phi) is 7.10. The second-order valence-corrected chi connectivity index (χ2v) is 6.56. The predicted octanol–water partition coefficient (Wildman–Crippen LogP) is -0.635. The molecule has 0 bridgehead atoms. The molecule has 1 saturated heterocycles. The number of nitrogens with two attached hydrogens (primary N) is 1. The van der Waals surface area contributed by atoms with Crippen molar-refractivity contribution in [3.8, 4) is 0 Å². The molecule has 1 rings (SSSR count). The number of sulfonamides is 1. The van der Waals surface area contributed by atoms with Crippen molar-refractivity contribution < 1.29 is 13.2 Å². The molecule has 0 atom stereocenters. The first-order valence-corrected chi connectivity index (χ1v) is 8.14. The van der Waals surface area contributed by atoms with E-state index in [-0.39, 0.29) is 11.8 Å². The Labute approximate surface area is 110 Å². The maximum atomic E-state index is 11.8. The van der Waals surface area contributed by atoms with Gasteiger partial charge in [-0.15, -0.1) is 0 Å². The zero-order chi connectivity index (χ0) is 13.4. The van der Waals surface area contributed by atoms with Gasteiger partial charge in [-0.3, -0.25) is 0 Å². The summed E-state index contributed by atoms with van der Waals surface area (Å²) in [6.07, 6.45) is 2.27. The lowest BCUT2D eigenvalue weighted by molar-refractivity contribution is 0.199. The second-order valence-electron chi connectivity index (χ2n) is 4.69. The van der Waals surface area contributed by atoms with Gasteiger partial charge < -0.3 is 15.4 Å². The van der Waals surface area contributed by atoms with Gasteiger partial charge in [0.25, 0.3) is 0 Å². The molecular weight excluding hydrogens is 254 g/mol. The van der Waals surface area contributed by atoms with Crippen LogP contribution < -0.4 is 10.5 Å². The third-order valence-electron chi connectivity index (χ3n) is 3.14. The van der Waals surface area contributed by atoms with Crippen LogP contribution >= 0.6 is 0 Å². The van der Waals surface area contributed by atoms with Crippen LogP contribution in [0.5, 0.6) is 0 Å². The van der Waals surface area contributed by atoms with E-state index in [0.717, 1.165) is 32.5 Å². The molecule has 1 fully saturated rings. The molecule has 108 valence electrons. The van der Waals surface area contributed by atoms with Crippen LogP contribution in [0.25, 0.3) is 0 Å². The molecular formula is C11H25N3O3S. The van der Waals surface area contributed by atoms with Crippen LogP contribution in [0.3, 0.4) is 0 Å². The minimum Gasteiger partial charge on any atom is -0.385 e. The van der Waals surface area contributed by atoms with Crippen LogP contribution in [0.4, 0.5) is 0 Å². The van der Waals surface area contributed by atoms with Gasteiger partial charge in [0.05, 0.1) is 5.75 Å². The van der Waals surface area contributed by atoms with Crippen LogP contribution in [0.15, 0.2) is 0 Å². The molecule has 0 amide bonds. The molecule has 0 saturated carbocycles. The number of methoxy groups -OCH3 is 1. The highest BCUT2D eigenvalue weighted by Crippen LogP contribution is 2.11. The molecule has 6 nitrogen and oxygen atoms in total. The van der Waals surface area contributed by atoms with Crippen molar-refractivity contribution in [3.63, 3.8) is 0 Å². The maximum Gasteiger partial charge on any atom is 0.211 e. The lowest BCUT2D eigenvalue weighted by atomic mass is 10.1. The Balaban J connectivity index is 2.27. The van der Waals surface area contributed by atoms with Gasteiger partial charge in [0, 0.05) is 32.8 Å². The van der Waals surface area contributed by atoms with Gasteiger partial charge in [0.15, 0.2) is 0 Å². The van der Waals surface area contributed by atoms with E-state index in [0.29, 0.717) is 19.6 Å². The van der Waals surface area contributed by atoms with E-state index in [1.54, 1.807) is 7.11 Å². The summed E-state index contributed by atoms with van der Waals surface area (Å²) in [6.45, 7) is 3.88. The molecule has 0 unspecified atom stereocenters. The van der Waals surface area contributed by atoms with Crippen LogP contribution in [-0.2, 0) is 14.8 Å². The molecule has 0 spiro atoms. The fourth-order valence-electron chi connectivity index (χ4n) is 2.16. The largest absolute Gasteiger partial charge is 0.385 e. The van der Waals surface area contributed by atoms with Crippen LogP contribution in [-0.4, -0.2) is 65.0 Å². The van der Waals surface area contributed by atoms with Gasteiger partial charge in [0.2, 0.25) is 10.0 Å². The Morgan fingerprint density at radius 1 is 1.39 bits per heavy atom. The van der Waals surface area contributed by atoms with E-state index < -0.39 is 10.0 Å². The first-order valence-electron chi connectivity index (χ1n) is 6.49. The molecule has 0 aromatic rings. The predicted molar refractivity (Wildman–Crippen MR) is 71.9 cm³/mol. The number of hydrogen-bond acceptors (Lipinski definition) is 5. The molecule has 0 aromatic heterocycles. The summed E-state index contributed by atoms with van der Waals surface area (Å²) in [4.78, 5) is 2.27. The average molecular weight is 279 g/mol. The van der Waals surface area contributed by atoms with Crippen molar-refractivity contribution in [2.24, 2.45) is 5.73 Å². The molecule has 1 aliphatic rings. The number of rotatable bonds is 8. The van der Waals surface area contributed by atoms with Gasteiger partial charge in [-0.05, 0) is 32.4 Å². The molecule has 18 heavy (non-hydrogen) atoms. The van der Waals surface area contributed by atoms with Crippen molar-refractivity contribution in [1.82, 2.24) is 9.62 Å². The van der Waals surface area contributed by atoms with Crippen LogP contribution in [0.1, 0.15) is 19.3 Å². The van der Waals surface area contributed by atoms with Crippen molar-refractivity contribution in [2.75, 3.05) is 45.6 Å². The molecule has 3 N–H and O–H groups in total. The fraction of sp³-hybridized carbons (Fsp3) is 1.00. The van der Waals surface area contributed by atoms with Crippen molar-refractivity contribution in [1.29, 1.82) is 0 Å². The number of hydrogen-bond donors (Lipinski definition) is 2. The van der Waals surface area contributed by atoms with Gasteiger partial charge in [-0.25, -0.2) is 13.1 Å². The Bertz CT molecular complexity index is 313. The summed E-state index contributed by atoms with van der Waals surface area (Å²) in [6, 6.07) is 0.0755. The quantitative estimate of drug-likeness (QED) is 0.578. The van der Waals surface area contributed by atoms with E-state index in [2.05, 4.69) is 9.62 Å². The van der Waals surface area contributed by atoms with E-state index in [9.17, 15) is 8.42 Å². The van der Waals surface area contributed by atoms with Gasteiger partial charge in [-0.1, -0.05) is 0 Å². The molecule has 0 aromatic carbocycles. The highest BCUT2D eigenvalue weighted by molar-refractivity contribution is 7.89. The average Bonchev–Trinajstić information content (AvgIpc) is 2.32. The Morgan fingerprint density at radius 3 is 2.61 bits per heavy atom. The fourth-order valence-corrected chi connectivity index (χ4v) is 3.52. The summed E-state index contributed by atoms with van der Waals surface area (Å²) in [7, 11) is -1.58. The second kappa shape index (κ2) is 8.06. The number of piperidine rings is 1. The summed E-state index contributed by atoms with van der Waals surface area (Å²) in [5, 5.41) is 0.